The van der Waals surface area contributed by atoms with E-state index < -0.39 is 5.54 Å². The number of nitrogens with zero attached hydrogens (tertiary/aromatic N) is 1. The first-order valence-electron chi connectivity index (χ1n) is 7.69. The maximum atomic E-state index is 13.2. The Morgan fingerprint density at radius 1 is 1.13 bits per heavy atom. The number of para-hydroxylation sites is 1. The number of carbonyl (C=O) groups excluding carboxylic acids is 2. The fraction of sp³-hybridized carbons (Fsp3) is 0.200. The summed E-state index contributed by atoms with van der Waals surface area (Å²) < 4.78 is 0. The zero-order chi connectivity index (χ0) is 16.4. The average molecular weight is 305 g/mol. The van der Waals surface area contributed by atoms with Crippen LogP contribution in [-0.2, 0) is 11.2 Å². The number of rotatable bonds is 4. The minimum atomic E-state index is -0.918. The highest BCUT2D eigenvalue weighted by molar-refractivity contribution is 6.20. The van der Waals surface area contributed by atoms with Gasteiger partial charge in [0.1, 0.15) is 5.54 Å². The normalized spacial score (nSPS) is 19.5. The number of ketones is 1. The molecule has 3 heteroatoms. The van der Waals surface area contributed by atoms with Gasteiger partial charge in [-0.25, -0.2) is 0 Å². The van der Waals surface area contributed by atoms with Gasteiger partial charge < -0.3 is 0 Å². The first kappa shape index (κ1) is 15.2. The average Bonchev–Trinajstić information content (AvgIpc) is 2.78. The molecule has 0 spiro atoms. The topological polar surface area (TPSA) is 37.4 Å². The van der Waals surface area contributed by atoms with Crippen LogP contribution in [0.4, 0.5) is 5.69 Å². The van der Waals surface area contributed by atoms with E-state index in [1.54, 1.807) is 17.0 Å². The van der Waals surface area contributed by atoms with E-state index >= 15 is 0 Å². The molecular weight excluding hydrogens is 286 g/mol. The predicted octanol–water partition coefficient (Wildman–Crippen LogP) is 3.79. The quantitative estimate of drug-likeness (QED) is 0.806. The largest absolute Gasteiger partial charge is 0.298 e. The summed E-state index contributed by atoms with van der Waals surface area (Å²) in [7, 11) is 0. The summed E-state index contributed by atoms with van der Waals surface area (Å²) in [5, 5.41) is 0. The maximum absolute atomic E-state index is 13.2. The standard InChI is InChI=1S/C20H19NO2/c1-3-13-20(14-16-9-5-4-6-10-16)19(23)17-11-7-8-12-18(17)21(20)15(2)22/h3-12H,1,13-14H2,2H3/t20-/m1/s1. The molecule has 1 atom stereocenters. The van der Waals surface area contributed by atoms with Crippen LogP contribution in [0.5, 0.6) is 0 Å². The van der Waals surface area contributed by atoms with E-state index in [0.29, 0.717) is 24.1 Å². The summed E-state index contributed by atoms with van der Waals surface area (Å²) in [4.78, 5) is 27.2. The van der Waals surface area contributed by atoms with Crippen LogP contribution >= 0.6 is 0 Å². The number of anilines is 1. The zero-order valence-corrected chi connectivity index (χ0v) is 13.2. The van der Waals surface area contributed by atoms with E-state index in [1.165, 1.54) is 6.92 Å². The van der Waals surface area contributed by atoms with E-state index in [9.17, 15) is 9.59 Å². The molecule has 116 valence electrons. The molecule has 0 saturated carbocycles. The van der Waals surface area contributed by atoms with Gasteiger partial charge >= 0.3 is 0 Å². The van der Waals surface area contributed by atoms with Crippen molar-refractivity contribution < 1.29 is 9.59 Å². The second-order valence-corrected chi connectivity index (χ2v) is 5.89. The van der Waals surface area contributed by atoms with Gasteiger partial charge in [-0.05, 0) is 24.1 Å². The van der Waals surface area contributed by atoms with Crippen LogP contribution in [0.3, 0.4) is 0 Å². The van der Waals surface area contributed by atoms with Crippen molar-refractivity contribution >= 4 is 17.4 Å². The number of hydrogen-bond acceptors (Lipinski definition) is 2. The summed E-state index contributed by atoms with van der Waals surface area (Å²) >= 11 is 0. The molecule has 2 aromatic carbocycles. The molecule has 1 aliphatic rings. The molecule has 1 aliphatic heterocycles. The first-order chi connectivity index (χ1) is 11.1. The Labute approximate surface area is 136 Å². The number of Topliss-reactive ketones (excluding diaryl/α,β-unsaturated/α-hetero) is 1. The van der Waals surface area contributed by atoms with Crippen LogP contribution < -0.4 is 4.90 Å². The molecule has 0 saturated heterocycles. The molecule has 0 fully saturated rings. The zero-order valence-electron chi connectivity index (χ0n) is 13.2. The number of hydrogen-bond donors (Lipinski definition) is 0. The van der Waals surface area contributed by atoms with Gasteiger partial charge in [0, 0.05) is 18.9 Å². The molecule has 0 aromatic heterocycles. The molecule has 1 amide bonds. The van der Waals surface area contributed by atoms with Crippen molar-refractivity contribution in [2.45, 2.75) is 25.3 Å². The SMILES string of the molecule is C=CC[C@@]1(Cc2ccccc2)C(=O)c2ccccc2N1C(C)=O. The Kier molecular flexibility index (Phi) is 3.87. The van der Waals surface area contributed by atoms with Crippen molar-refractivity contribution in [3.63, 3.8) is 0 Å². The Morgan fingerprint density at radius 3 is 2.43 bits per heavy atom. The smallest absolute Gasteiger partial charge is 0.224 e. The van der Waals surface area contributed by atoms with E-state index in [2.05, 4.69) is 6.58 Å². The number of fused-ring (bicyclic) bond motifs is 1. The summed E-state index contributed by atoms with van der Waals surface area (Å²) in [5.41, 5.74) is 1.42. The van der Waals surface area contributed by atoms with Crippen LogP contribution in [0.25, 0.3) is 0 Å². The number of amides is 1. The van der Waals surface area contributed by atoms with Crippen molar-refractivity contribution in [2.24, 2.45) is 0 Å². The van der Waals surface area contributed by atoms with Crippen LogP contribution in [0.1, 0.15) is 29.3 Å². The monoisotopic (exact) mass is 305 g/mol. The van der Waals surface area contributed by atoms with Crippen LogP contribution in [0.15, 0.2) is 67.3 Å². The summed E-state index contributed by atoms with van der Waals surface area (Å²) in [5.74, 6) is -0.131. The summed E-state index contributed by atoms with van der Waals surface area (Å²) in [6, 6.07) is 17.1. The minimum absolute atomic E-state index is 0.00736. The molecule has 3 rings (SSSR count). The molecule has 23 heavy (non-hydrogen) atoms. The maximum Gasteiger partial charge on any atom is 0.224 e. The Bertz CT molecular complexity index is 766. The molecule has 0 bridgehead atoms. The summed E-state index contributed by atoms with van der Waals surface area (Å²) in [6.45, 7) is 5.32. The molecule has 0 aliphatic carbocycles. The fourth-order valence-corrected chi connectivity index (χ4v) is 3.50. The molecule has 0 N–H and O–H groups in total. The highest BCUT2D eigenvalue weighted by Gasteiger charge is 2.51. The van der Waals surface area contributed by atoms with Gasteiger partial charge in [-0.2, -0.15) is 0 Å². The third-order valence-corrected chi connectivity index (χ3v) is 4.38. The second kappa shape index (κ2) is 5.84. The van der Waals surface area contributed by atoms with Crippen molar-refractivity contribution in [1.29, 1.82) is 0 Å². The molecule has 3 nitrogen and oxygen atoms in total. The van der Waals surface area contributed by atoms with Crippen molar-refractivity contribution in [1.82, 2.24) is 0 Å². The van der Waals surface area contributed by atoms with E-state index in [-0.39, 0.29) is 11.7 Å². The summed E-state index contributed by atoms with van der Waals surface area (Å²) in [6.07, 6.45) is 2.63. The highest BCUT2D eigenvalue weighted by atomic mass is 16.2. The Morgan fingerprint density at radius 2 is 1.78 bits per heavy atom. The van der Waals surface area contributed by atoms with Gasteiger partial charge in [-0.3, -0.25) is 14.5 Å². The lowest BCUT2D eigenvalue weighted by Gasteiger charge is -2.36. The van der Waals surface area contributed by atoms with E-state index in [0.717, 1.165) is 5.56 Å². The lowest BCUT2D eigenvalue weighted by atomic mass is 9.82. The minimum Gasteiger partial charge on any atom is -0.298 e. The van der Waals surface area contributed by atoms with Crippen molar-refractivity contribution in [3.8, 4) is 0 Å². The molecule has 2 aromatic rings. The van der Waals surface area contributed by atoms with Crippen LogP contribution in [0.2, 0.25) is 0 Å². The van der Waals surface area contributed by atoms with E-state index in [4.69, 9.17) is 0 Å². The van der Waals surface area contributed by atoms with Crippen LogP contribution in [-0.4, -0.2) is 17.2 Å². The molecular formula is C20H19NO2. The van der Waals surface area contributed by atoms with Gasteiger partial charge in [0.15, 0.2) is 5.78 Å². The molecule has 0 unspecified atom stereocenters. The highest BCUT2D eigenvalue weighted by Crippen LogP contribution is 2.43. The number of carbonyl (C=O) groups is 2. The van der Waals surface area contributed by atoms with Gasteiger partial charge in [0.25, 0.3) is 0 Å². The second-order valence-electron chi connectivity index (χ2n) is 5.89. The molecule has 1 heterocycles. The Balaban J connectivity index is 2.16. The van der Waals surface area contributed by atoms with Gasteiger partial charge in [0.2, 0.25) is 5.91 Å². The Hall–Kier alpha value is -2.68. The third kappa shape index (κ3) is 2.38. The lowest BCUT2D eigenvalue weighted by molar-refractivity contribution is -0.117. The van der Waals surface area contributed by atoms with E-state index in [1.807, 2.05) is 48.5 Å². The van der Waals surface area contributed by atoms with Crippen molar-refractivity contribution in [2.75, 3.05) is 4.90 Å². The lowest BCUT2D eigenvalue weighted by Crippen LogP contribution is -2.54. The van der Waals surface area contributed by atoms with Crippen LogP contribution in [0, 0.1) is 0 Å². The van der Waals surface area contributed by atoms with Crippen molar-refractivity contribution in [3.05, 3.63) is 78.4 Å². The van der Waals surface area contributed by atoms with Gasteiger partial charge in [0.05, 0.1) is 5.69 Å². The third-order valence-electron chi connectivity index (χ3n) is 4.38. The van der Waals surface area contributed by atoms with Gasteiger partial charge in [-0.15, -0.1) is 6.58 Å². The first-order valence-corrected chi connectivity index (χ1v) is 7.69. The predicted molar refractivity (Wildman–Crippen MR) is 91.6 cm³/mol. The molecule has 0 radical (unpaired) electrons. The number of benzene rings is 2. The van der Waals surface area contributed by atoms with Gasteiger partial charge in [-0.1, -0.05) is 48.5 Å². The fourth-order valence-electron chi connectivity index (χ4n) is 3.50.